The number of benzene rings is 5. The van der Waals surface area contributed by atoms with Gasteiger partial charge in [-0.3, -0.25) is 0 Å². The van der Waals surface area contributed by atoms with Gasteiger partial charge in [0.15, 0.2) is 0 Å². The van der Waals surface area contributed by atoms with E-state index in [2.05, 4.69) is 86.3 Å². The molecule has 0 unspecified atom stereocenters. The average molecular weight is 973 g/mol. The molecule has 10 heteroatoms. The number of esters is 1. The van der Waals surface area contributed by atoms with E-state index >= 15 is 0 Å². The Morgan fingerprint density at radius 2 is 1.11 bits per heavy atom. The fourth-order valence-electron chi connectivity index (χ4n) is 9.79. The fourth-order valence-corrected chi connectivity index (χ4v) is 9.79. The van der Waals surface area contributed by atoms with Crippen LogP contribution in [0.5, 0.6) is 23.0 Å². The molecule has 72 heavy (non-hydrogen) atoms. The second-order valence-corrected chi connectivity index (χ2v) is 19.7. The van der Waals surface area contributed by atoms with Gasteiger partial charge in [-0.25, -0.2) is 14.8 Å². The van der Waals surface area contributed by atoms with Gasteiger partial charge < -0.3 is 33.2 Å². The zero-order valence-electron chi connectivity index (χ0n) is 42.4. The molecule has 378 valence electrons. The number of rotatable bonds is 26. The van der Waals surface area contributed by atoms with Crippen LogP contribution < -0.4 is 18.9 Å². The summed E-state index contributed by atoms with van der Waals surface area (Å²) in [5, 5.41) is 0. The first-order chi connectivity index (χ1) is 35.3. The molecule has 0 atom stereocenters. The lowest BCUT2D eigenvalue weighted by atomic mass is 9.79. The molecule has 2 aliphatic rings. The molecule has 0 spiro atoms. The summed E-state index contributed by atoms with van der Waals surface area (Å²) in [5.41, 5.74) is 8.85. The molecule has 8 rings (SSSR count). The Labute approximate surface area is 426 Å². The molecule has 1 heterocycles. The van der Waals surface area contributed by atoms with Crippen LogP contribution in [0.4, 0.5) is 0 Å². The van der Waals surface area contributed by atoms with Crippen LogP contribution in [-0.2, 0) is 19.1 Å². The maximum absolute atomic E-state index is 11.5. The van der Waals surface area contributed by atoms with E-state index in [9.17, 15) is 9.59 Å². The lowest BCUT2D eigenvalue weighted by Gasteiger charge is -2.29. The number of fused-ring (bicyclic) bond motifs is 1. The van der Waals surface area contributed by atoms with Gasteiger partial charge in [-0.05, 0) is 186 Å². The predicted octanol–water partition coefficient (Wildman–Crippen LogP) is 14.2. The van der Waals surface area contributed by atoms with Crippen LogP contribution in [0.3, 0.4) is 0 Å². The van der Waals surface area contributed by atoms with Crippen LogP contribution in [0.15, 0.2) is 127 Å². The second-order valence-electron chi connectivity index (χ2n) is 19.7. The highest BCUT2D eigenvalue weighted by molar-refractivity contribution is 5.89. The molecule has 0 N–H and O–H groups in total. The minimum atomic E-state index is -0.316. The van der Waals surface area contributed by atoms with Gasteiger partial charge >= 0.3 is 5.97 Å². The molecular weight excluding hydrogens is 901 g/mol. The van der Waals surface area contributed by atoms with Gasteiger partial charge in [0.1, 0.15) is 35.9 Å². The minimum Gasteiger partial charge on any atom is -0.494 e. The summed E-state index contributed by atoms with van der Waals surface area (Å²) in [6, 6.07) is 39.5. The standard InChI is InChI=1S/C62H72N2O8/c1-4-32-67-35-36-69-55-15-9-12-50(37-55)51-28-31-58-59(40-51)64-61(60(63-58)52-13-10-16-56(38-52)71-42-46-20-18-45(41-65)19-21-46)53-14-11-17-57(39-53)72-43-47-22-24-48(25-23-47)49-26-29-54(30-27-49)68-33-7-5-6-8-34-70-62(66)44(2)3/h9-17,26-31,37-41,45-48H,2,4-8,18-25,32-36,42-43H2,1,3H3. The van der Waals surface area contributed by atoms with Crippen molar-refractivity contribution in [2.45, 2.75) is 103 Å². The highest BCUT2D eigenvalue weighted by Crippen LogP contribution is 2.39. The second kappa shape index (κ2) is 26.8. The molecule has 5 aromatic carbocycles. The molecule has 0 aliphatic heterocycles. The van der Waals surface area contributed by atoms with Gasteiger partial charge in [0.2, 0.25) is 0 Å². The quantitative estimate of drug-likeness (QED) is 0.0225. The SMILES string of the molecule is C=C(C)C(=O)OCCCCCCOc1ccc(C2CCC(COc3cccc(-c4nc5cc(-c6cccc(OCCOCCC)c6)ccc5nc4-c4cccc(OCC5CCC(C=O)CC5)c4)c3)CC2)cc1. The highest BCUT2D eigenvalue weighted by Gasteiger charge is 2.24. The Balaban J connectivity index is 0.913. The van der Waals surface area contributed by atoms with Crippen molar-refractivity contribution in [3.63, 3.8) is 0 Å². The maximum Gasteiger partial charge on any atom is 0.333 e. The molecule has 0 saturated heterocycles. The van der Waals surface area contributed by atoms with Crippen LogP contribution in [0.25, 0.3) is 44.7 Å². The van der Waals surface area contributed by atoms with Crippen molar-refractivity contribution in [2.24, 2.45) is 17.8 Å². The van der Waals surface area contributed by atoms with E-state index in [1.165, 1.54) is 5.56 Å². The Morgan fingerprint density at radius 1 is 0.556 bits per heavy atom. The van der Waals surface area contributed by atoms with Gasteiger partial charge in [0.05, 0.1) is 55.5 Å². The van der Waals surface area contributed by atoms with Crippen LogP contribution in [0, 0.1) is 17.8 Å². The topological polar surface area (TPSA) is 115 Å². The van der Waals surface area contributed by atoms with Crippen molar-refractivity contribution < 1.29 is 38.0 Å². The van der Waals surface area contributed by atoms with Crippen molar-refractivity contribution in [3.8, 4) is 56.6 Å². The van der Waals surface area contributed by atoms with Crippen molar-refractivity contribution >= 4 is 23.3 Å². The first kappa shape index (κ1) is 51.8. The Hall–Kier alpha value is -6.52. The summed E-state index contributed by atoms with van der Waals surface area (Å²) in [6.45, 7) is 11.6. The molecule has 2 fully saturated rings. The van der Waals surface area contributed by atoms with Crippen molar-refractivity contribution in [1.82, 2.24) is 9.97 Å². The smallest absolute Gasteiger partial charge is 0.333 e. The lowest BCUT2D eigenvalue weighted by Crippen LogP contribution is -2.20. The monoisotopic (exact) mass is 973 g/mol. The normalized spacial score (nSPS) is 17.8. The van der Waals surface area contributed by atoms with E-state index in [1.807, 2.05) is 42.5 Å². The first-order valence-corrected chi connectivity index (χ1v) is 26.4. The average Bonchev–Trinajstić information content (AvgIpc) is 3.42. The summed E-state index contributed by atoms with van der Waals surface area (Å²) in [4.78, 5) is 33.6. The van der Waals surface area contributed by atoms with Crippen LogP contribution in [0.2, 0.25) is 0 Å². The molecule has 1 aromatic heterocycles. The maximum atomic E-state index is 11.5. The molecule has 0 amide bonds. The van der Waals surface area contributed by atoms with Crippen LogP contribution in [-0.4, -0.2) is 68.5 Å². The van der Waals surface area contributed by atoms with Crippen molar-refractivity contribution in [3.05, 3.63) is 133 Å². The third-order valence-corrected chi connectivity index (χ3v) is 14.0. The highest BCUT2D eigenvalue weighted by atomic mass is 16.5. The number of ether oxygens (including phenoxy) is 6. The van der Waals surface area contributed by atoms with E-state index in [-0.39, 0.29) is 11.9 Å². The van der Waals surface area contributed by atoms with Gasteiger partial charge in [-0.15, -0.1) is 0 Å². The summed E-state index contributed by atoms with van der Waals surface area (Å²) in [5.74, 6) is 4.61. The first-order valence-electron chi connectivity index (χ1n) is 26.4. The fraction of sp³-hybridized carbons (Fsp3) is 0.419. The van der Waals surface area contributed by atoms with Gasteiger partial charge in [0.25, 0.3) is 0 Å². The van der Waals surface area contributed by atoms with Crippen LogP contribution >= 0.6 is 0 Å². The van der Waals surface area contributed by atoms with Gasteiger partial charge in [0, 0.05) is 29.2 Å². The summed E-state index contributed by atoms with van der Waals surface area (Å²) in [6.07, 6.45) is 14.3. The molecule has 0 bridgehead atoms. The predicted molar refractivity (Wildman–Crippen MR) is 286 cm³/mol. The van der Waals surface area contributed by atoms with E-state index < -0.39 is 0 Å². The number of nitrogens with zero attached hydrogens (tertiary/aromatic N) is 2. The number of aromatic nitrogens is 2. The van der Waals surface area contributed by atoms with Gasteiger partial charge in [-0.1, -0.05) is 68.1 Å². The Bertz CT molecular complexity index is 2680. The number of carbonyl (C=O) groups excluding carboxylic acids is 2. The summed E-state index contributed by atoms with van der Waals surface area (Å²) in [7, 11) is 0. The molecule has 6 aromatic rings. The molecule has 2 saturated carbocycles. The Kier molecular flexibility index (Phi) is 19.3. The van der Waals surface area contributed by atoms with E-state index in [1.54, 1.807) is 6.92 Å². The van der Waals surface area contributed by atoms with E-state index in [0.29, 0.717) is 63.0 Å². The largest absolute Gasteiger partial charge is 0.494 e. The van der Waals surface area contributed by atoms with Crippen LogP contribution in [0.1, 0.15) is 109 Å². The number of hydrogen-bond acceptors (Lipinski definition) is 10. The molecule has 10 nitrogen and oxygen atoms in total. The summed E-state index contributed by atoms with van der Waals surface area (Å²) >= 11 is 0. The zero-order chi connectivity index (χ0) is 49.9. The number of hydrogen-bond donors (Lipinski definition) is 0. The Morgan fingerprint density at radius 3 is 1.74 bits per heavy atom. The molecule has 2 aliphatic carbocycles. The summed E-state index contributed by atoms with van der Waals surface area (Å²) < 4.78 is 35.9. The zero-order valence-corrected chi connectivity index (χ0v) is 42.4. The van der Waals surface area contributed by atoms with Gasteiger partial charge in [-0.2, -0.15) is 0 Å². The number of aldehydes is 1. The van der Waals surface area contributed by atoms with E-state index in [4.69, 9.17) is 38.4 Å². The molecule has 0 radical (unpaired) electrons. The number of unbranched alkanes of at least 4 members (excludes halogenated alkanes) is 3. The van der Waals surface area contributed by atoms with Crippen molar-refractivity contribution in [1.29, 1.82) is 0 Å². The van der Waals surface area contributed by atoms with Crippen molar-refractivity contribution in [2.75, 3.05) is 46.2 Å². The third kappa shape index (κ3) is 15.0. The third-order valence-electron chi connectivity index (χ3n) is 14.0. The lowest BCUT2D eigenvalue weighted by molar-refractivity contribution is -0.139. The molecular formula is C62H72N2O8. The number of carbonyl (C=O) groups is 2. The minimum absolute atomic E-state index is 0.180. The van der Waals surface area contributed by atoms with E-state index in [0.717, 1.165) is 164 Å².